The fourth-order valence-corrected chi connectivity index (χ4v) is 1.28. The van der Waals surface area contributed by atoms with Crippen LogP contribution in [0.25, 0.3) is 6.20 Å². The molecule has 82 valence electrons. The smallest absolute Gasteiger partial charge is 0.174 e. The van der Waals surface area contributed by atoms with E-state index in [1.54, 1.807) is 6.20 Å². The molecule has 0 amide bonds. The molecule has 2 heteroatoms. The fourth-order valence-electron chi connectivity index (χ4n) is 1.10. The third kappa shape index (κ3) is 4.76. The van der Waals surface area contributed by atoms with Crippen molar-refractivity contribution in [2.75, 3.05) is 0 Å². The van der Waals surface area contributed by atoms with Crippen LogP contribution in [0.5, 0.6) is 0 Å². The molecular weight excluding hydrogens is 218 g/mol. The summed E-state index contributed by atoms with van der Waals surface area (Å²) in [7, 11) is 0. The Morgan fingerprint density at radius 1 is 1.00 bits per heavy atom. The highest BCUT2D eigenvalue weighted by Gasteiger charge is 1.83. The zero-order valence-corrected chi connectivity index (χ0v) is 9.85. The van der Waals surface area contributed by atoms with Gasteiger partial charge in [0.2, 0.25) is 0 Å². The lowest BCUT2D eigenvalue weighted by atomic mass is 10.2. The van der Waals surface area contributed by atoms with Gasteiger partial charge < -0.3 is 0 Å². The Morgan fingerprint density at radius 2 is 1.56 bits per heavy atom. The van der Waals surface area contributed by atoms with E-state index in [2.05, 4.69) is 6.58 Å². The summed E-state index contributed by atoms with van der Waals surface area (Å²) in [6.45, 7) is 3.59. The molecule has 1 nitrogen and oxygen atoms in total. The van der Waals surface area contributed by atoms with Gasteiger partial charge in [0.1, 0.15) is 0 Å². The molecular formula is C14H15ClN+. The van der Waals surface area contributed by atoms with Crippen LogP contribution in [0.2, 0.25) is 0 Å². The van der Waals surface area contributed by atoms with Crippen molar-refractivity contribution in [2.45, 2.75) is 5.88 Å². The third-order valence-electron chi connectivity index (χ3n) is 1.95. The van der Waals surface area contributed by atoms with Crippen molar-refractivity contribution in [1.82, 2.24) is 0 Å². The van der Waals surface area contributed by atoms with E-state index in [4.69, 9.17) is 11.6 Å². The Morgan fingerprint density at radius 3 is 1.94 bits per heavy atom. The minimum atomic E-state index is 0.612. The van der Waals surface area contributed by atoms with Crippen LogP contribution in [0, 0.1) is 0 Å². The molecule has 0 saturated carbocycles. The zero-order valence-electron chi connectivity index (χ0n) is 9.09. The molecule has 0 aliphatic carbocycles. The Balaban J connectivity index is 0.000000160. The summed E-state index contributed by atoms with van der Waals surface area (Å²) >= 11 is 5.53. The van der Waals surface area contributed by atoms with E-state index in [-0.39, 0.29) is 0 Å². The molecule has 1 heterocycles. The highest BCUT2D eigenvalue weighted by atomic mass is 35.5. The molecule has 0 fully saturated rings. The van der Waals surface area contributed by atoms with Crippen LogP contribution in [0.4, 0.5) is 0 Å². The van der Waals surface area contributed by atoms with Crippen molar-refractivity contribution in [2.24, 2.45) is 0 Å². The van der Waals surface area contributed by atoms with E-state index in [1.165, 1.54) is 5.56 Å². The van der Waals surface area contributed by atoms with Crippen LogP contribution in [-0.4, -0.2) is 0 Å². The van der Waals surface area contributed by atoms with Gasteiger partial charge in [-0.05, 0) is 12.1 Å². The summed E-state index contributed by atoms with van der Waals surface area (Å²) in [4.78, 5) is 0. The monoisotopic (exact) mass is 232 g/mol. The van der Waals surface area contributed by atoms with Crippen molar-refractivity contribution in [3.63, 3.8) is 0 Å². The van der Waals surface area contributed by atoms with Crippen LogP contribution >= 0.6 is 11.6 Å². The van der Waals surface area contributed by atoms with Gasteiger partial charge in [-0.15, -0.1) is 11.6 Å². The minimum absolute atomic E-state index is 0.612. The van der Waals surface area contributed by atoms with Gasteiger partial charge in [0.15, 0.2) is 18.6 Å². The third-order valence-corrected chi connectivity index (χ3v) is 2.26. The molecule has 0 radical (unpaired) electrons. The number of nitrogens with zero attached hydrogens (tertiary/aromatic N) is 1. The van der Waals surface area contributed by atoms with Crippen LogP contribution in [0.3, 0.4) is 0 Å². The molecule has 0 saturated heterocycles. The number of halogens is 1. The van der Waals surface area contributed by atoms with Gasteiger partial charge in [0.25, 0.3) is 0 Å². The van der Waals surface area contributed by atoms with Crippen LogP contribution < -0.4 is 4.57 Å². The van der Waals surface area contributed by atoms with Crippen molar-refractivity contribution in [1.29, 1.82) is 0 Å². The molecule has 0 N–H and O–H groups in total. The normalized spacial score (nSPS) is 8.81. The lowest BCUT2D eigenvalue weighted by molar-refractivity contribution is -0.567. The van der Waals surface area contributed by atoms with Gasteiger partial charge in [-0.25, -0.2) is 0 Å². The minimum Gasteiger partial charge on any atom is -0.174 e. The second-order valence-corrected chi connectivity index (χ2v) is 3.39. The van der Waals surface area contributed by atoms with Gasteiger partial charge in [-0.1, -0.05) is 36.4 Å². The van der Waals surface area contributed by atoms with Gasteiger partial charge in [0.05, 0.1) is 0 Å². The highest BCUT2D eigenvalue weighted by Crippen LogP contribution is 2.00. The van der Waals surface area contributed by atoms with E-state index >= 15 is 0 Å². The van der Waals surface area contributed by atoms with Crippen LogP contribution in [-0.2, 0) is 5.88 Å². The van der Waals surface area contributed by atoms with Gasteiger partial charge >= 0.3 is 0 Å². The van der Waals surface area contributed by atoms with Gasteiger partial charge in [0, 0.05) is 18.0 Å². The molecule has 0 aliphatic heterocycles. The molecule has 16 heavy (non-hydrogen) atoms. The number of hydrogen-bond donors (Lipinski definition) is 0. The maximum absolute atomic E-state index is 5.53. The average molecular weight is 233 g/mol. The molecule has 1 aromatic carbocycles. The molecule has 1 aromatic heterocycles. The lowest BCUT2D eigenvalue weighted by Crippen LogP contribution is -2.22. The number of aromatic nitrogens is 1. The van der Waals surface area contributed by atoms with E-state index < -0.39 is 0 Å². The summed E-state index contributed by atoms with van der Waals surface area (Å²) in [5.74, 6) is 0.612. The molecule has 0 unspecified atom stereocenters. The van der Waals surface area contributed by atoms with Crippen LogP contribution in [0.15, 0.2) is 67.5 Å². The summed E-state index contributed by atoms with van der Waals surface area (Å²) in [6, 6.07) is 15.9. The second-order valence-electron chi connectivity index (χ2n) is 3.12. The second kappa shape index (κ2) is 7.66. The van der Waals surface area contributed by atoms with E-state index in [1.807, 2.05) is 65.5 Å². The molecule has 2 aromatic rings. The average Bonchev–Trinajstić information content (AvgIpc) is 2.41. The Hall–Kier alpha value is -1.60. The maximum atomic E-state index is 5.53. The summed E-state index contributed by atoms with van der Waals surface area (Å²) in [5, 5.41) is 0. The lowest BCUT2D eigenvalue weighted by Gasteiger charge is -1.88. The van der Waals surface area contributed by atoms with Crippen LogP contribution in [0.1, 0.15) is 5.56 Å². The molecule has 0 spiro atoms. The molecule has 2 rings (SSSR count). The van der Waals surface area contributed by atoms with Crippen molar-refractivity contribution in [3.8, 4) is 0 Å². The predicted octanol–water partition coefficient (Wildman–Crippen LogP) is 3.50. The molecule has 0 aliphatic rings. The van der Waals surface area contributed by atoms with E-state index in [0.29, 0.717) is 5.88 Å². The number of benzene rings is 1. The van der Waals surface area contributed by atoms with Gasteiger partial charge in [-0.2, -0.15) is 4.57 Å². The first kappa shape index (κ1) is 12.5. The van der Waals surface area contributed by atoms with Crippen molar-refractivity contribution in [3.05, 3.63) is 73.1 Å². The first-order chi connectivity index (χ1) is 7.86. The van der Waals surface area contributed by atoms with Crippen molar-refractivity contribution < 1.29 is 4.57 Å². The standard InChI is InChI=1S/C7H7Cl.C7H8N/c8-6-7-4-2-1-3-5-7;1-2-8-6-4-3-5-7-8/h1-5H,6H2;2-7H,1H2/q;+1. The largest absolute Gasteiger partial charge is 0.174 e. The highest BCUT2D eigenvalue weighted by molar-refractivity contribution is 6.17. The number of alkyl halides is 1. The first-order valence-electron chi connectivity index (χ1n) is 5.05. The topological polar surface area (TPSA) is 3.88 Å². The SMILES string of the molecule is C=C[n+]1ccccc1.ClCc1ccccc1. The quantitative estimate of drug-likeness (QED) is 0.551. The van der Waals surface area contributed by atoms with Crippen molar-refractivity contribution >= 4 is 17.8 Å². The fraction of sp³-hybridized carbons (Fsp3) is 0.0714. The summed E-state index contributed by atoms with van der Waals surface area (Å²) in [6.07, 6.45) is 5.62. The Kier molecular flexibility index (Phi) is 5.97. The Bertz CT molecular complexity index is 398. The Labute approximate surface area is 102 Å². The maximum Gasteiger partial charge on any atom is 0.174 e. The molecule has 0 bridgehead atoms. The first-order valence-corrected chi connectivity index (χ1v) is 5.58. The van der Waals surface area contributed by atoms with E-state index in [9.17, 15) is 0 Å². The number of rotatable bonds is 2. The van der Waals surface area contributed by atoms with Gasteiger partial charge in [-0.3, -0.25) is 0 Å². The zero-order chi connectivity index (χ0) is 11.6. The molecule has 0 atom stereocenters. The summed E-state index contributed by atoms with van der Waals surface area (Å²) in [5.41, 5.74) is 1.18. The number of pyridine rings is 1. The summed E-state index contributed by atoms with van der Waals surface area (Å²) < 4.78 is 1.89. The predicted molar refractivity (Wildman–Crippen MR) is 69.0 cm³/mol. The number of hydrogen-bond acceptors (Lipinski definition) is 0. The van der Waals surface area contributed by atoms with E-state index in [0.717, 1.165) is 0 Å².